The second-order valence-electron chi connectivity index (χ2n) is 3.05. The monoisotopic (exact) mass is 254 g/mol. The Morgan fingerprint density at radius 1 is 1.44 bits per heavy atom. The summed E-state index contributed by atoms with van der Waals surface area (Å²) in [6.45, 7) is 0. The SMILES string of the molecule is Fc1ncccc1-c1cn2nc(Cl)sc2n1. The minimum atomic E-state index is -0.542. The van der Waals surface area contributed by atoms with Gasteiger partial charge in [0, 0.05) is 6.20 Å². The van der Waals surface area contributed by atoms with Gasteiger partial charge < -0.3 is 0 Å². The topological polar surface area (TPSA) is 43.1 Å². The summed E-state index contributed by atoms with van der Waals surface area (Å²) in [5.41, 5.74) is 0.859. The van der Waals surface area contributed by atoms with E-state index in [2.05, 4.69) is 15.1 Å². The number of hydrogen-bond acceptors (Lipinski definition) is 4. The first-order chi connectivity index (χ1) is 7.74. The summed E-state index contributed by atoms with van der Waals surface area (Å²) in [5, 5.41) is 3.98. The largest absolute Gasteiger partial charge is 0.228 e. The summed E-state index contributed by atoms with van der Waals surface area (Å²) >= 11 is 6.95. The Bertz CT molecular complexity index is 631. The van der Waals surface area contributed by atoms with E-state index < -0.39 is 5.95 Å². The molecule has 3 aromatic heterocycles. The van der Waals surface area contributed by atoms with Crippen LogP contribution < -0.4 is 0 Å². The molecule has 0 aliphatic heterocycles. The molecule has 0 radical (unpaired) electrons. The van der Waals surface area contributed by atoms with Crippen molar-refractivity contribution < 1.29 is 4.39 Å². The highest BCUT2D eigenvalue weighted by Crippen LogP contribution is 2.24. The molecule has 3 aromatic rings. The van der Waals surface area contributed by atoms with Gasteiger partial charge in [-0.05, 0) is 23.7 Å². The molecule has 0 fully saturated rings. The van der Waals surface area contributed by atoms with Crippen molar-refractivity contribution in [2.45, 2.75) is 0 Å². The summed E-state index contributed by atoms with van der Waals surface area (Å²) in [6, 6.07) is 3.28. The molecule has 0 spiro atoms. The first kappa shape index (κ1) is 9.68. The molecule has 0 aliphatic rings. The van der Waals surface area contributed by atoms with Gasteiger partial charge >= 0.3 is 0 Å². The lowest BCUT2D eigenvalue weighted by Gasteiger charge is -1.95. The molecule has 0 aliphatic carbocycles. The van der Waals surface area contributed by atoms with Crippen LogP contribution in [0.25, 0.3) is 16.2 Å². The van der Waals surface area contributed by atoms with Crippen LogP contribution in [0.2, 0.25) is 4.47 Å². The van der Waals surface area contributed by atoms with Crippen molar-refractivity contribution in [1.29, 1.82) is 0 Å². The van der Waals surface area contributed by atoms with E-state index in [1.807, 2.05) is 0 Å². The van der Waals surface area contributed by atoms with Gasteiger partial charge in [-0.25, -0.2) is 14.5 Å². The van der Waals surface area contributed by atoms with Gasteiger partial charge in [0.15, 0.2) is 0 Å². The van der Waals surface area contributed by atoms with Crippen molar-refractivity contribution in [3.05, 3.63) is 34.9 Å². The molecule has 4 nitrogen and oxygen atoms in total. The molecule has 0 saturated heterocycles. The van der Waals surface area contributed by atoms with Crippen molar-refractivity contribution >= 4 is 27.9 Å². The van der Waals surface area contributed by atoms with Crippen molar-refractivity contribution in [1.82, 2.24) is 19.6 Å². The van der Waals surface area contributed by atoms with Crippen molar-refractivity contribution in [2.24, 2.45) is 0 Å². The molecule has 0 unspecified atom stereocenters. The zero-order chi connectivity index (χ0) is 11.1. The van der Waals surface area contributed by atoms with Crippen LogP contribution in [0.3, 0.4) is 0 Å². The predicted molar refractivity (Wildman–Crippen MR) is 59.1 cm³/mol. The third-order valence-electron chi connectivity index (χ3n) is 2.05. The lowest BCUT2D eigenvalue weighted by molar-refractivity contribution is 0.587. The molecular weight excluding hydrogens is 251 g/mol. The van der Waals surface area contributed by atoms with Crippen LogP contribution in [0.15, 0.2) is 24.5 Å². The first-order valence-corrected chi connectivity index (χ1v) is 5.56. The smallest absolute Gasteiger partial charge is 0.222 e. The van der Waals surface area contributed by atoms with Crippen LogP contribution in [0.1, 0.15) is 0 Å². The average molecular weight is 255 g/mol. The molecule has 16 heavy (non-hydrogen) atoms. The Kier molecular flexibility index (Phi) is 2.12. The van der Waals surface area contributed by atoms with E-state index in [1.165, 1.54) is 22.0 Å². The van der Waals surface area contributed by atoms with Crippen molar-refractivity contribution in [2.75, 3.05) is 0 Å². The Balaban J connectivity index is 2.19. The summed E-state index contributed by atoms with van der Waals surface area (Å²) in [7, 11) is 0. The van der Waals surface area contributed by atoms with Crippen LogP contribution in [0.5, 0.6) is 0 Å². The van der Waals surface area contributed by atoms with Crippen LogP contribution in [-0.4, -0.2) is 19.6 Å². The fourth-order valence-corrected chi connectivity index (χ4v) is 2.28. The minimum absolute atomic E-state index is 0.358. The van der Waals surface area contributed by atoms with Gasteiger partial charge in [0.1, 0.15) is 0 Å². The van der Waals surface area contributed by atoms with Crippen molar-refractivity contribution in [3.63, 3.8) is 0 Å². The maximum Gasteiger partial charge on any atom is 0.222 e. The molecule has 80 valence electrons. The molecule has 0 atom stereocenters. The Morgan fingerprint density at radius 3 is 3.06 bits per heavy atom. The normalized spacial score (nSPS) is 11.1. The molecule has 0 aromatic carbocycles. The van der Waals surface area contributed by atoms with E-state index in [0.717, 1.165) is 0 Å². The highest BCUT2D eigenvalue weighted by Gasteiger charge is 2.12. The van der Waals surface area contributed by atoms with Gasteiger partial charge in [0.25, 0.3) is 0 Å². The van der Waals surface area contributed by atoms with Gasteiger partial charge in [-0.15, -0.1) is 5.10 Å². The van der Waals surface area contributed by atoms with Gasteiger partial charge in [0.05, 0.1) is 17.5 Å². The zero-order valence-electron chi connectivity index (χ0n) is 7.76. The fourth-order valence-electron chi connectivity index (χ4n) is 1.38. The number of imidazole rings is 1. The molecule has 0 bridgehead atoms. The Morgan fingerprint density at radius 2 is 2.31 bits per heavy atom. The predicted octanol–water partition coefficient (Wildman–Crippen LogP) is 2.65. The summed E-state index contributed by atoms with van der Waals surface area (Å²) in [6.07, 6.45) is 3.02. The number of fused-ring (bicyclic) bond motifs is 1. The van der Waals surface area contributed by atoms with E-state index >= 15 is 0 Å². The van der Waals surface area contributed by atoms with E-state index in [4.69, 9.17) is 11.6 Å². The van der Waals surface area contributed by atoms with Crippen LogP contribution in [0, 0.1) is 5.95 Å². The van der Waals surface area contributed by atoms with E-state index in [-0.39, 0.29) is 0 Å². The number of aromatic nitrogens is 4. The Labute approximate surface area is 98.3 Å². The van der Waals surface area contributed by atoms with Crippen LogP contribution in [0.4, 0.5) is 4.39 Å². The standard InChI is InChI=1S/C9H4ClFN4S/c10-8-14-15-4-6(13-9(15)16-8)5-2-1-3-12-7(5)11/h1-4H. The van der Waals surface area contributed by atoms with E-state index in [0.29, 0.717) is 20.7 Å². The molecule has 0 amide bonds. The number of rotatable bonds is 1. The lowest BCUT2D eigenvalue weighted by Crippen LogP contribution is -1.87. The van der Waals surface area contributed by atoms with Gasteiger partial charge in [-0.3, -0.25) is 0 Å². The van der Waals surface area contributed by atoms with Gasteiger partial charge in [-0.1, -0.05) is 11.3 Å². The molecular formula is C9H4ClFN4S. The van der Waals surface area contributed by atoms with Crippen LogP contribution in [-0.2, 0) is 0 Å². The average Bonchev–Trinajstić information content (AvgIpc) is 2.75. The summed E-state index contributed by atoms with van der Waals surface area (Å²) in [5.74, 6) is -0.542. The molecule has 3 heterocycles. The molecule has 3 rings (SSSR count). The molecule has 7 heteroatoms. The quantitative estimate of drug-likeness (QED) is 0.627. The maximum atomic E-state index is 13.4. The van der Waals surface area contributed by atoms with E-state index in [1.54, 1.807) is 18.3 Å². The molecule has 0 N–H and O–H groups in total. The second kappa shape index (κ2) is 3.50. The van der Waals surface area contributed by atoms with E-state index in [9.17, 15) is 4.39 Å². The lowest BCUT2D eigenvalue weighted by atomic mass is 10.2. The third-order valence-corrected chi connectivity index (χ3v) is 3.07. The molecule has 0 saturated carbocycles. The third kappa shape index (κ3) is 1.46. The highest BCUT2D eigenvalue weighted by atomic mass is 35.5. The summed E-state index contributed by atoms with van der Waals surface area (Å²) < 4.78 is 15.3. The summed E-state index contributed by atoms with van der Waals surface area (Å²) in [4.78, 5) is 8.42. The highest BCUT2D eigenvalue weighted by molar-refractivity contribution is 7.20. The van der Waals surface area contributed by atoms with Crippen molar-refractivity contribution in [3.8, 4) is 11.3 Å². The second-order valence-corrected chi connectivity index (χ2v) is 4.59. The van der Waals surface area contributed by atoms with Gasteiger partial charge in [0.2, 0.25) is 15.4 Å². The minimum Gasteiger partial charge on any atom is -0.228 e. The Hall–Kier alpha value is -1.53. The van der Waals surface area contributed by atoms with Gasteiger partial charge in [-0.2, -0.15) is 4.39 Å². The maximum absolute atomic E-state index is 13.4. The zero-order valence-corrected chi connectivity index (χ0v) is 9.33. The number of hydrogen-bond donors (Lipinski definition) is 0. The fraction of sp³-hybridized carbons (Fsp3) is 0. The van der Waals surface area contributed by atoms with Crippen LogP contribution >= 0.6 is 22.9 Å². The first-order valence-electron chi connectivity index (χ1n) is 4.36. The number of halogens is 2. The number of pyridine rings is 1. The number of nitrogens with zero attached hydrogens (tertiary/aromatic N) is 4.